The summed E-state index contributed by atoms with van der Waals surface area (Å²) in [5.41, 5.74) is 6.36. The van der Waals surface area contributed by atoms with Crippen molar-refractivity contribution in [3.05, 3.63) is 121 Å². The van der Waals surface area contributed by atoms with Crippen LogP contribution in [-0.4, -0.2) is 19.9 Å². The Kier molecular flexibility index (Phi) is 4.80. The van der Waals surface area contributed by atoms with E-state index in [1.807, 2.05) is 103 Å². The fourth-order valence-electron chi connectivity index (χ4n) is 5.83. The first kappa shape index (κ1) is 22.9. The second kappa shape index (κ2) is 8.81. The van der Waals surface area contributed by atoms with E-state index in [2.05, 4.69) is 18.2 Å². The molecule has 0 saturated heterocycles. The van der Waals surface area contributed by atoms with E-state index < -0.39 is 0 Å². The minimum atomic E-state index is 0.534. The lowest BCUT2D eigenvalue weighted by Gasteiger charge is -2.09. The van der Waals surface area contributed by atoms with Crippen molar-refractivity contribution in [2.45, 2.75) is 0 Å². The topological polar surface area (TPSA) is 77.8 Å². The summed E-state index contributed by atoms with van der Waals surface area (Å²) in [6.45, 7) is 0. The first-order valence-corrected chi connectivity index (χ1v) is 13.7. The molecule has 9 rings (SSSR count). The maximum atomic E-state index is 6.40. The van der Waals surface area contributed by atoms with Gasteiger partial charge in [0.25, 0.3) is 0 Å². The normalized spacial score (nSPS) is 11.8. The molecule has 42 heavy (non-hydrogen) atoms. The summed E-state index contributed by atoms with van der Waals surface area (Å²) in [6.07, 6.45) is 1.89. The zero-order valence-electron chi connectivity index (χ0n) is 22.2. The summed E-state index contributed by atoms with van der Waals surface area (Å²) < 4.78 is 12.8. The highest BCUT2D eigenvalue weighted by molar-refractivity contribution is 6.16. The molecular weight excluding hydrogens is 520 g/mol. The highest BCUT2D eigenvalue weighted by Crippen LogP contribution is 2.39. The lowest BCUT2D eigenvalue weighted by atomic mass is 10.1. The molecule has 0 fully saturated rings. The molecule has 0 atom stereocenters. The van der Waals surface area contributed by atoms with E-state index in [4.69, 9.17) is 28.8 Å². The van der Waals surface area contributed by atoms with Gasteiger partial charge < -0.3 is 8.83 Å². The van der Waals surface area contributed by atoms with Gasteiger partial charge in [-0.25, -0.2) is 15.0 Å². The van der Waals surface area contributed by atoms with Gasteiger partial charge in [0.15, 0.2) is 23.1 Å². The van der Waals surface area contributed by atoms with E-state index >= 15 is 0 Å². The molecule has 0 spiro atoms. The Morgan fingerprint density at radius 1 is 0.452 bits per heavy atom. The Labute approximate surface area is 238 Å². The molecule has 4 heterocycles. The Balaban J connectivity index is 1.35. The van der Waals surface area contributed by atoms with Crippen LogP contribution in [0.2, 0.25) is 0 Å². The van der Waals surface area contributed by atoms with Crippen LogP contribution in [0.3, 0.4) is 0 Å². The largest absolute Gasteiger partial charge is 0.455 e. The maximum Gasteiger partial charge on any atom is 0.167 e. The average molecular weight is 541 g/mol. The Hall–Kier alpha value is -5.88. The molecule has 0 aliphatic carbocycles. The third-order valence-corrected chi connectivity index (χ3v) is 7.78. The molecule has 0 bridgehead atoms. The van der Waals surface area contributed by atoms with Gasteiger partial charge in [0.1, 0.15) is 22.3 Å². The van der Waals surface area contributed by atoms with Crippen LogP contribution in [0, 0.1) is 0 Å². The molecule has 6 heteroatoms. The third kappa shape index (κ3) is 3.39. The zero-order chi connectivity index (χ0) is 27.6. The summed E-state index contributed by atoms with van der Waals surface area (Å²) in [5.74, 6) is 1.65. The molecule has 0 aliphatic heterocycles. The minimum Gasteiger partial charge on any atom is -0.455 e. The minimum absolute atomic E-state index is 0.534. The summed E-state index contributed by atoms with van der Waals surface area (Å²) in [4.78, 5) is 19.9. The summed E-state index contributed by atoms with van der Waals surface area (Å²) >= 11 is 0. The van der Waals surface area contributed by atoms with E-state index in [-0.39, 0.29) is 0 Å². The Morgan fingerprint density at radius 3 is 2.00 bits per heavy atom. The molecule has 0 amide bonds. The van der Waals surface area contributed by atoms with E-state index in [1.165, 1.54) is 0 Å². The second-order valence-corrected chi connectivity index (χ2v) is 10.3. The molecule has 0 saturated carbocycles. The van der Waals surface area contributed by atoms with E-state index in [9.17, 15) is 0 Å². The predicted molar refractivity (Wildman–Crippen MR) is 166 cm³/mol. The first-order chi connectivity index (χ1) is 20.8. The van der Waals surface area contributed by atoms with E-state index in [1.54, 1.807) is 0 Å². The van der Waals surface area contributed by atoms with Crippen molar-refractivity contribution in [3.8, 4) is 34.2 Å². The monoisotopic (exact) mass is 540 g/mol. The lowest BCUT2D eigenvalue weighted by Crippen LogP contribution is -2.00. The van der Waals surface area contributed by atoms with Crippen LogP contribution in [0.1, 0.15) is 0 Å². The van der Waals surface area contributed by atoms with Gasteiger partial charge in [-0.05, 0) is 18.2 Å². The van der Waals surface area contributed by atoms with E-state index in [0.717, 1.165) is 71.5 Å². The van der Waals surface area contributed by atoms with Crippen LogP contribution in [0.4, 0.5) is 0 Å². The number of hydrogen-bond acceptors (Lipinski definition) is 6. The van der Waals surface area contributed by atoms with Gasteiger partial charge in [-0.3, -0.25) is 4.98 Å². The predicted octanol–water partition coefficient (Wildman–Crippen LogP) is 9.22. The zero-order valence-corrected chi connectivity index (χ0v) is 22.2. The van der Waals surface area contributed by atoms with E-state index in [0.29, 0.717) is 17.5 Å². The smallest absolute Gasteiger partial charge is 0.167 e. The molecular formula is C36H20N4O2. The molecule has 0 N–H and O–H groups in total. The van der Waals surface area contributed by atoms with Crippen molar-refractivity contribution >= 4 is 54.8 Å². The molecule has 9 aromatic rings. The first-order valence-electron chi connectivity index (χ1n) is 13.7. The SMILES string of the molecule is c1ccc(-c2nc(-c3cccc4c3oc3ccccc34)nc(-c3cccc4oc5c6ccccc6cnc5c34)n2)cc1. The van der Waals surface area contributed by atoms with Crippen molar-refractivity contribution in [3.63, 3.8) is 0 Å². The highest BCUT2D eigenvalue weighted by Gasteiger charge is 2.21. The molecule has 5 aromatic carbocycles. The van der Waals surface area contributed by atoms with Crippen LogP contribution in [0.25, 0.3) is 88.9 Å². The number of rotatable bonds is 3. The molecule has 196 valence electrons. The number of fused-ring (bicyclic) bond motifs is 8. The summed E-state index contributed by atoms with van der Waals surface area (Å²) in [7, 11) is 0. The molecule has 4 aromatic heterocycles. The van der Waals surface area contributed by atoms with Crippen LogP contribution in [-0.2, 0) is 0 Å². The van der Waals surface area contributed by atoms with Crippen molar-refractivity contribution < 1.29 is 8.83 Å². The van der Waals surface area contributed by atoms with Gasteiger partial charge >= 0.3 is 0 Å². The number of benzene rings is 5. The molecule has 0 aliphatic rings. The fraction of sp³-hybridized carbons (Fsp3) is 0. The number of para-hydroxylation sites is 2. The van der Waals surface area contributed by atoms with Gasteiger partial charge in [-0.15, -0.1) is 0 Å². The van der Waals surface area contributed by atoms with Gasteiger partial charge in [-0.1, -0.05) is 97.1 Å². The van der Waals surface area contributed by atoms with Crippen molar-refractivity contribution in [2.24, 2.45) is 0 Å². The number of pyridine rings is 1. The standard InChI is InChI=1S/C36H20N4O2/c1-2-10-21(11-3-1)34-38-35(40-36(39-34)27-17-8-15-25-24-14-6-7-18-28(24)41-32(25)27)26-16-9-19-29-30(26)31-33(42-29)23-13-5-4-12-22(23)20-37-31/h1-20H. The Morgan fingerprint density at radius 2 is 1.10 bits per heavy atom. The van der Waals surface area contributed by atoms with Crippen LogP contribution in [0.15, 0.2) is 130 Å². The molecule has 0 radical (unpaired) electrons. The summed E-state index contributed by atoms with van der Waals surface area (Å²) in [5, 5.41) is 4.99. The summed E-state index contributed by atoms with van der Waals surface area (Å²) in [6, 6.07) is 38.2. The average Bonchev–Trinajstić information content (AvgIpc) is 3.64. The quantitative estimate of drug-likeness (QED) is 0.222. The van der Waals surface area contributed by atoms with Gasteiger partial charge in [0.2, 0.25) is 0 Å². The maximum absolute atomic E-state index is 6.40. The van der Waals surface area contributed by atoms with Crippen LogP contribution >= 0.6 is 0 Å². The van der Waals surface area contributed by atoms with Crippen molar-refractivity contribution in [2.75, 3.05) is 0 Å². The fourth-order valence-corrected chi connectivity index (χ4v) is 5.83. The lowest BCUT2D eigenvalue weighted by molar-refractivity contribution is 0.669. The highest BCUT2D eigenvalue weighted by atomic mass is 16.3. The van der Waals surface area contributed by atoms with Crippen LogP contribution < -0.4 is 0 Å². The number of furan rings is 2. The van der Waals surface area contributed by atoms with Crippen LogP contribution in [0.5, 0.6) is 0 Å². The third-order valence-electron chi connectivity index (χ3n) is 7.78. The van der Waals surface area contributed by atoms with Crippen molar-refractivity contribution in [1.29, 1.82) is 0 Å². The second-order valence-electron chi connectivity index (χ2n) is 10.3. The van der Waals surface area contributed by atoms with Crippen molar-refractivity contribution in [1.82, 2.24) is 19.9 Å². The number of hydrogen-bond donors (Lipinski definition) is 0. The Bertz CT molecular complexity index is 2480. The van der Waals surface area contributed by atoms with Gasteiger partial charge in [0, 0.05) is 38.9 Å². The van der Waals surface area contributed by atoms with Gasteiger partial charge in [-0.2, -0.15) is 0 Å². The van der Waals surface area contributed by atoms with Gasteiger partial charge in [0.05, 0.1) is 10.9 Å². The number of nitrogens with zero attached hydrogens (tertiary/aromatic N) is 4. The molecule has 6 nitrogen and oxygen atoms in total. The molecule has 0 unspecified atom stereocenters. The number of aromatic nitrogens is 4.